The van der Waals surface area contributed by atoms with Crippen molar-refractivity contribution in [3.63, 3.8) is 0 Å². The Labute approximate surface area is 114 Å². The number of nitrogens with zero attached hydrogens (tertiary/aromatic N) is 1. The minimum absolute atomic E-state index is 0.116. The minimum Gasteiger partial charge on any atom is -0.484 e. The highest BCUT2D eigenvalue weighted by atomic mass is 16.5. The van der Waals surface area contributed by atoms with Gasteiger partial charge in [0.1, 0.15) is 5.75 Å². The Bertz CT molecular complexity index is 484. The predicted molar refractivity (Wildman–Crippen MR) is 74.4 cm³/mol. The lowest BCUT2D eigenvalue weighted by molar-refractivity contribution is -0.133. The first-order valence-corrected chi connectivity index (χ1v) is 7.28. The average Bonchev–Trinajstić information content (AvgIpc) is 3.03. The maximum Gasteiger partial charge on any atom is 0.260 e. The first-order valence-electron chi connectivity index (χ1n) is 7.28. The van der Waals surface area contributed by atoms with E-state index in [1.54, 1.807) is 0 Å². The van der Waals surface area contributed by atoms with Crippen molar-refractivity contribution < 1.29 is 9.53 Å². The summed E-state index contributed by atoms with van der Waals surface area (Å²) < 4.78 is 5.66. The number of fused-ring (bicyclic) bond motifs is 1. The molecule has 19 heavy (non-hydrogen) atoms. The topological polar surface area (TPSA) is 29.5 Å². The number of likely N-dealkylation sites (tertiary alicyclic amines) is 1. The van der Waals surface area contributed by atoms with Gasteiger partial charge in [-0.05, 0) is 62.3 Å². The second-order valence-electron chi connectivity index (χ2n) is 5.65. The molecule has 1 heterocycles. The fourth-order valence-corrected chi connectivity index (χ4v) is 3.17. The predicted octanol–water partition coefficient (Wildman–Crippen LogP) is 2.57. The van der Waals surface area contributed by atoms with Gasteiger partial charge in [-0.3, -0.25) is 4.79 Å². The smallest absolute Gasteiger partial charge is 0.260 e. The molecule has 1 amide bonds. The maximum absolute atomic E-state index is 12.1. The zero-order valence-corrected chi connectivity index (χ0v) is 11.5. The average molecular weight is 259 g/mol. The molecule has 3 rings (SSSR count). The van der Waals surface area contributed by atoms with Crippen molar-refractivity contribution in [3.8, 4) is 5.75 Å². The van der Waals surface area contributed by atoms with Crippen molar-refractivity contribution in [2.75, 3.05) is 13.2 Å². The number of amides is 1. The van der Waals surface area contributed by atoms with Gasteiger partial charge in [0, 0.05) is 12.6 Å². The van der Waals surface area contributed by atoms with Crippen LogP contribution < -0.4 is 4.74 Å². The van der Waals surface area contributed by atoms with E-state index in [0.29, 0.717) is 6.04 Å². The van der Waals surface area contributed by atoms with Gasteiger partial charge >= 0.3 is 0 Å². The van der Waals surface area contributed by atoms with Crippen molar-refractivity contribution in [2.24, 2.45) is 0 Å². The van der Waals surface area contributed by atoms with Gasteiger partial charge in [-0.15, -0.1) is 0 Å². The molecule has 3 nitrogen and oxygen atoms in total. The summed E-state index contributed by atoms with van der Waals surface area (Å²) in [6.07, 6.45) is 5.79. The summed E-state index contributed by atoms with van der Waals surface area (Å²) in [6, 6.07) is 6.60. The first kappa shape index (κ1) is 12.5. The number of benzene rings is 1. The summed E-state index contributed by atoms with van der Waals surface area (Å²) in [7, 11) is 0. The van der Waals surface area contributed by atoms with E-state index in [9.17, 15) is 4.79 Å². The van der Waals surface area contributed by atoms with Gasteiger partial charge in [0.25, 0.3) is 5.91 Å². The summed E-state index contributed by atoms with van der Waals surface area (Å²) in [5.41, 5.74) is 2.83. The van der Waals surface area contributed by atoms with Crippen LogP contribution in [-0.4, -0.2) is 30.0 Å². The van der Waals surface area contributed by atoms with E-state index in [4.69, 9.17) is 4.74 Å². The van der Waals surface area contributed by atoms with Gasteiger partial charge in [-0.25, -0.2) is 0 Å². The van der Waals surface area contributed by atoms with Crippen LogP contribution in [0.1, 0.15) is 37.3 Å². The zero-order valence-electron chi connectivity index (χ0n) is 11.5. The monoisotopic (exact) mass is 259 g/mol. The van der Waals surface area contributed by atoms with E-state index in [1.165, 1.54) is 24.0 Å². The summed E-state index contributed by atoms with van der Waals surface area (Å²) in [5, 5.41) is 0. The highest BCUT2D eigenvalue weighted by Gasteiger charge is 2.25. The van der Waals surface area contributed by atoms with Crippen LogP contribution in [0.5, 0.6) is 5.75 Å². The number of ether oxygens (including phenoxy) is 1. The molecule has 1 aromatic carbocycles. The summed E-state index contributed by atoms with van der Waals surface area (Å²) in [5.74, 6) is 0.950. The number of rotatable bonds is 3. The number of hydrogen-bond acceptors (Lipinski definition) is 2. The van der Waals surface area contributed by atoms with Gasteiger partial charge in [0.05, 0.1) is 0 Å². The van der Waals surface area contributed by atoms with Gasteiger partial charge in [0.15, 0.2) is 6.61 Å². The molecule has 1 aliphatic carbocycles. The molecule has 1 aliphatic heterocycles. The fraction of sp³-hybridized carbons (Fsp3) is 0.562. The lowest BCUT2D eigenvalue weighted by Gasteiger charge is -2.21. The van der Waals surface area contributed by atoms with Crippen LogP contribution in [0.3, 0.4) is 0 Å². The number of hydrogen-bond donors (Lipinski definition) is 0. The highest BCUT2D eigenvalue weighted by Crippen LogP contribution is 2.26. The maximum atomic E-state index is 12.1. The molecule has 0 saturated carbocycles. The normalized spacial score (nSPS) is 21.5. The molecule has 1 saturated heterocycles. The lowest BCUT2D eigenvalue weighted by Crippen LogP contribution is -2.37. The van der Waals surface area contributed by atoms with Crippen molar-refractivity contribution in [1.29, 1.82) is 0 Å². The molecule has 2 aliphatic rings. The number of carbonyl (C=O) groups is 1. The number of carbonyl (C=O) groups excluding carboxylic acids is 1. The van der Waals surface area contributed by atoms with Crippen LogP contribution in [0.25, 0.3) is 0 Å². The third-order valence-electron chi connectivity index (χ3n) is 4.31. The van der Waals surface area contributed by atoms with E-state index in [0.717, 1.165) is 31.6 Å². The Morgan fingerprint density at radius 3 is 2.95 bits per heavy atom. The van der Waals surface area contributed by atoms with Crippen molar-refractivity contribution in [2.45, 2.75) is 45.1 Å². The first-order chi connectivity index (χ1) is 9.24. The van der Waals surface area contributed by atoms with Gasteiger partial charge in [-0.1, -0.05) is 6.07 Å². The van der Waals surface area contributed by atoms with E-state index in [1.807, 2.05) is 11.0 Å². The zero-order chi connectivity index (χ0) is 13.2. The third kappa shape index (κ3) is 2.60. The largest absolute Gasteiger partial charge is 0.484 e. The van der Waals surface area contributed by atoms with Gasteiger partial charge in [0.2, 0.25) is 0 Å². The Kier molecular flexibility index (Phi) is 3.45. The highest BCUT2D eigenvalue weighted by molar-refractivity contribution is 5.78. The van der Waals surface area contributed by atoms with Crippen molar-refractivity contribution in [3.05, 3.63) is 29.3 Å². The van der Waals surface area contributed by atoms with Crippen LogP contribution in [-0.2, 0) is 17.6 Å². The molecule has 0 bridgehead atoms. The molecule has 0 aromatic heterocycles. The summed E-state index contributed by atoms with van der Waals surface area (Å²) in [6.45, 7) is 3.16. The van der Waals surface area contributed by atoms with E-state index in [-0.39, 0.29) is 12.5 Å². The van der Waals surface area contributed by atoms with E-state index in [2.05, 4.69) is 19.1 Å². The minimum atomic E-state index is 0.116. The molecular weight excluding hydrogens is 238 g/mol. The van der Waals surface area contributed by atoms with E-state index >= 15 is 0 Å². The lowest BCUT2D eigenvalue weighted by atomic mass is 10.1. The van der Waals surface area contributed by atoms with Crippen LogP contribution in [0, 0.1) is 0 Å². The van der Waals surface area contributed by atoms with Crippen LogP contribution >= 0.6 is 0 Å². The summed E-state index contributed by atoms with van der Waals surface area (Å²) >= 11 is 0. The molecule has 0 spiro atoms. The molecule has 1 atom stereocenters. The molecule has 1 fully saturated rings. The van der Waals surface area contributed by atoms with Crippen LogP contribution in [0.2, 0.25) is 0 Å². The van der Waals surface area contributed by atoms with Crippen LogP contribution in [0.4, 0.5) is 0 Å². The molecule has 1 unspecified atom stereocenters. The Balaban J connectivity index is 1.58. The molecular formula is C16H21NO2. The fourth-order valence-electron chi connectivity index (χ4n) is 3.17. The second kappa shape index (κ2) is 5.24. The molecule has 102 valence electrons. The van der Waals surface area contributed by atoms with Crippen molar-refractivity contribution >= 4 is 5.91 Å². The van der Waals surface area contributed by atoms with E-state index < -0.39 is 0 Å². The molecule has 0 N–H and O–H groups in total. The second-order valence-corrected chi connectivity index (χ2v) is 5.65. The Hall–Kier alpha value is -1.51. The number of aryl methyl sites for hydroxylation is 2. The Morgan fingerprint density at radius 2 is 2.16 bits per heavy atom. The standard InChI is InChI=1S/C16H21NO2/c1-12-4-3-9-17(12)16(18)11-19-15-8-7-13-5-2-6-14(13)10-15/h7-8,10,12H,2-6,9,11H2,1H3. The van der Waals surface area contributed by atoms with Crippen LogP contribution in [0.15, 0.2) is 18.2 Å². The molecule has 1 aromatic rings. The van der Waals surface area contributed by atoms with Gasteiger partial charge in [-0.2, -0.15) is 0 Å². The van der Waals surface area contributed by atoms with Crippen molar-refractivity contribution in [1.82, 2.24) is 4.90 Å². The molecule has 3 heteroatoms. The molecule has 0 radical (unpaired) electrons. The SMILES string of the molecule is CC1CCCN1C(=O)COc1ccc2c(c1)CCC2. The quantitative estimate of drug-likeness (QED) is 0.835. The van der Waals surface area contributed by atoms with Gasteiger partial charge < -0.3 is 9.64 Å². The Morgan fingerprint density at radius 1 is 1.32 bits per heavy atom. The summed E-state index contributed by atoms with van der Waals surface area (Å²) in [4.78, 5) is 14.0. The third-order valence-corrected chi connectivity index (χ3v) is 4.31.